The van der Waals surface area contributed by atoms with Gasteiger partial charge in [0.2, 0.25) is 5.91 Å². The van der Waals surface area contributed by atoms with E-state index in [0.717, 1.165) is 11.3 Å². The maximum atomic E-state index is 12.8. The fourth-order valence-electron chi connectivity index (χ4n) is 2.48. The fourth-order valence-corrected chi connectivity index (χ4v) is 2.48. The van der Waals surface area contributed by atoms with Gasteiger partial charge in [0.25, 0.3) is 0 Å². The minimum atomic E-state index is -0.469. The average Bonchev–Trinajstić information content (AvgIpc) is 2.53. The molecule has 0 radical (unpaired) electrons. The number of hydrogen-bond acceptors (Lipinski definition) is 2. The molecule has 2 aromatic carbocycles. The van der Waals surface area contributed by atoms with Gasteiger partial charge in [0.15, 0.2) is 0 Å². The van der Waals surface area contributed by atoms with Crippen LogP contribution in [0.5, 0.6) is 0 Å². The van der Waals surface area contributed by atoms with Crippen LogP contribution in [0.3, 0.4) is 0 Å². The number of nitrogens with zero attached hydrogens (tertiary/aromatic N) is 1. The molecule has 0 aromatic heterocycles. The Bertz CT molecular complexity index is 581. The zero-order valence-corrected chi connectivity index (χ0v) is 13.3. The molecule has 3 heteroatoms. The highest BCUT2D eigenvalue weighted by Crippen LogP contribution is 2.19. The van der Waals surface area contributed by atoms with Crippen LogP contribution in [0, 0.1) is 5.92 Å². The van der Waals surface area contributed by atoms with Gasteiger partial charge in [0.1, 0.15) is 0 Å². The molecule has 116 valence electrons. The maximum absolute atomic E-state index is 12.8. The lowest BCUT2D eigenvalue weighted by Gasteiger charge is -2.26. The van der Waals surface area contributed by atoms with Crippen LogP contribution in [0.4, 0.5) is 5.69 Å². The first-order valence-corrected chi connectivity index (χ1v) is 7.74. The molecular formula is C19H24N2O. The molecule has 22 heavy (non-hydrogen) atoms. The largest absolute Gasteiger partial charge is 0.320 e. The smallest absolute Gasteiger partial charge is 0.244 e. The molecular weight excluding hydrogens is 272 g/mol. The molecule has 0 bridgehead atoms. The number of rotatable bonds is 6. The maximum Gasteiger partial charge on any atom is 0.244 e. The SMILES string of the molecule is CC(C)C[C@H](N)C(=O)N(Cc1ccccc1)c1ccccc1. The van der Waals surface area contributed by atoms with Crippen molar-refractivity contribution in [2.75, 3.05) is 4.90 Å². The second kappa shape index (κ2) is 7.76. The van der Waals surface area contributed by atoms with Crippen molar-refractivity contribution in [3.8, 4) is 0 Å². The Balaban J connectivity index is 2.24. The molecule has 1 atom stereocenters. The third-order valence-electron chi connectivity index (χ3n) is 3.56. The van der Waals surface area contributed by atoms with Crippen molar-refractivity contribution in [2.45, 2.75) is 32.9 Å². The summed E-state index contributed by atoms with van der Waals surface area (Å²) < 4.78 is 0. The van der Waals surface area contributed by atoms with Gasteiger partial charge in [0.05, 0.1) is 12.6 Å². The quantitative estimate of drug-likeness (QED) is 0.885. The third-order valence-corrected chi connectivity index (χ3v) is 3.56. The minimum absolute atomic E-state index is 0.0243. The zero-order chi connectivity index (χ0) is 15.9. The van der Waals surface area contributed by atoms with Crippen LogP contribution < -0.4 is 10.6 Å². The van der Waals surface area contributed by atoms with Crippen molar-refractivity contribution >= 4 is 11.6 Å². The molecule has 0 heterocycles. The second-order valence-electron chi connectivity index (χ2n) is 5.98. The summed E-state index contributed by atoms with van der Waals surface area (Å²) in [6, 6.07) is 19.2. The highest BCUT2D eigenvalue weighted by atomic mass is 16.2. The lowest BCUT2D eigenvalue weighted by atomic mass is 10.0. The molecule has 2 N–H and O–H groups in total. The van der Waals surface area contributed by atoms with Crippen molar-refractivity contribution in [1.29, 1.82) is 0 Å². The number of anilines is 1. The topological polar surface area (TPSA) is 46.3 Å². The van der Waals surface area contributed by atoms with E-state index in [2.05, 4.69) is 13.8 Å². The predicted molar refractivity (Wildman–Crippen MR) is 91.5 cm³/mol. The summed E-state index contributed by atoms with van der Waals surface area (Å²) in [5.74, 6) is 0.372. The van der Waals surface area contributed by atoms with Crippen LogP contribution in [-0.2, 0) is 11.3 Å². The lowest BCUT2D eigenvalue weighted by molar-refractivity contribution is -0.120. The number of para-hydroxylation sites is 1. The van der Waals surface area contributed by atoms with Gasteiger partial charge in [-0.05, 0) is 30.0 Å². The monoisotopic (exact) mass is 296 g/mol. The van der Waals surface area contributed by atoms with Gasteiger partial charge in [-0.2, -0.15) is 0 Å². The van der Waals surface area contributed by atoms with Crippen LogP contribution in [-0.4, -0.2) is 11.9 Å². The third kappa shape index (κ3) is 4.43. The number of carbonyl (C=O) groups excluding carboxylic acids is 1. The highest BCUT2D eigenvalue weighted by Gasteiger charge is 2.23. The number of hydrogen-bond donors (Lipinski definition) is 1. The summed E-state index contributed by atoms with van der Waals surface area (Å²) in [5, 5.41) is 0. The molecule has 1 amide bonds. The summed E-state index contributed by atoms with van der Waals surface area (Å²) in [4.78, 5) is 14.6. The van der Waals surface area contributed by atoms with E-state index in [0.29, 0.717) is 18.9 Å². The van der Waals surface area contributed by atoms with Gasteiger partial charge in [-0.3, -0.25) is 4.79 Å². The van der Waals surface area contributed by atoms with Crippen LogP contribution in [0.15, 0.2) is 60.7 Å². The van der Waals surface area contributed by atoms with Gasteiger partial charge in [-0.25, -0.2) is 0 Å². The molecule has 2 aromatic rings. The molecule has 0 saturated heterocycles. The molecule has 3 nitrogen and oxygen atoms in total. The number of carbonyl (C=O) groups is 1. The molecule has 0 aliphatic heterocycles. The van der Waals surface area contributed by atoms with Gasteiger partial charge >= 0.3 is 0 Å². The molecule has 0 spiro atoms. The first-order chi connectivity index (χ1) is 10.6. The van der Waals surface area contributed by atoms with E-state index >= 15 is 0 Å². The minimum Gasteiger partial charge on any atom is -0.320 e. The standard InChI is InChI=1S/C19H24N2O/c1-15(2)13-18(20)19(22)21(17-11-7-4-8-12-17)14-16-9-5-3-6-10-16/h3-12,15,18H,13-14,20H2,1-2H3/t18-/m0/s1. The van der Waals surface area contributed by atoms with E-state index < -0.39 is 6.04 Å². The van der Waals surface area contributed by atoms with Crippen molar-refractivity contribution < 1.29 is 4.79 Å². The van der Waals surface area contributed by atoms with Gasteiger partial charge in [0, 0.05) is 5.69 Å². The molecule has 0 saturated carbocycles. The van der Waals surface area contributed by atoms with E-state index in [1.807, 2.05) is 60.7 Å². The van der Waals surface area contributed by atoms with Gasteiger partial charge in [-0.15, -0.1) is 0 Å². The normalized spacial score (nSPS) is 12.2. The molecule has 0 aliphatic rings. The van der Waals surface area contributed by atoms with Gasteiger partial charge < -0.3 is 10.6 Å². The average molecular weight is 296 g/mol. The summed E-state index contributed by atoms with van der Waals surface area (Å²) >= 11 is 0. The van der Waals surface area contributed by atoms with Crippen LogP contribution in [0.25, 0.3) is 0 Å². The van der Waals surface area contributed by atoms with Crippen molar-refractivity contribution in [3.05, 3.63) is 66.2 Å². The summed E-state index contributed by atoms with van der Waals surface area (Å²) in [6.45, 7) is 4.70. The van der Waals surface area contributed by atoms with Crippen molar-refractivity contribution in [1.82, 2.24) is 0 Å². The molecule has 2 rings (SSSR count). The van der Waals surface area contributed by atoms with E-state index in [1.54, 1.807) is 4.90 Å². The van der Waals surface area contributed by atoms with Crippen molar-refractivity contribution in [3.63, 3.8) is 0 Å². The summed E-state index contributed by atoms with van der Waals surface area (Å²) in [7, 11) is 0. The summed E-state index contributed by atoms with van der Waals surface area (Å²) in [6.07, 6.45) is 0.691. The summed E-state index contributed by atoms with van der Waals surface area (Å²) in [5.41, 5.74) is 8.10. The zero-order valence-electron chi connectivity index (χ0n) is 13.3. The van der Waals surface area contributed by atoms with E-state index in [9.17, 15) is 4.79 Å². The Morgan fingerprint density at radius 3 is 2.09 bits per heavy atom. The number of amides is 1. The second-order valence-corrected chi connectivity index (χ2v) is 5.98. The first kappa shape index (κ1) is 16.2. The Morgan fingerprint density at radius 2 is 1.55 bits per heavy atom. The Hall–Kier alpha value is -2.13. The van der Waals surface area contributed by atoms with Crippen LogP contribution >= 0.6 is 0 Å². The van der Waals surface area contributed by atoms with E-state index in [-0.39, 0.29) is 5.91 Å². The molecule has 0 aliphatic carbocycles. The number of benzene rings is 2. The Morgan fingerprint density at radius 1 is 1.00 bits per heavy atom. The van der Waals surface area contributed by atoms with E-state index in [4.69, 9.17) is 5.73 Å². The lowest BCUT2D eigenvalue weighted by Crippen LogP contribution is -2.44. The highest BCUT2D eigenvalue weighted by molar-refractivity contribution is 5.96. The Labute approximate surface area is 132 Å². The van der Waals surface area contributed by atoms with Crippen LogP contribution in [0.2, 0.25) is 0 Å². The Kier molecular flexibility index (Phi) is 5.73. The molecule has 0 unspecified atom stereocenters. The predicted octanol–water partition coefficient (Wildman–Crippen LogP) is 3.59. The fraction of sp³-hybridized carbons (Fsp3) is 0.316. The first-order valence-electron chi connectivity index (χ1n) is 7.74. The van der Waals surface area contributed by atoms with Crippen molar-refractivity contribution in [2.24, 2.45) is 11.7 Å². The van der Waals surface area contributed by atoms with Crippen LogP contribution in [0.1, 0.15) is 25.8 Å². The number of nitrogens with two attached hydrogens (primary N) is 1. The van der Waals surface area contributed by atoms with Gasteiger partial charge in [-0.1, -0.05) is 62.4 Å². The molecule has 0 fully saturated rings. The van der Waals surface area contributed by atoms with E-state index in [1.165, 1.54) is 0 Å².